The molecule has 1 spiro atoms. The second kappa shape index (κ2) is 13.2. The van der Waals surface area contributed by atoms with Crippen molar-refractivity contribution in [3.8, 4) is 0 Å². The Morgan fingerprint density at radius 3 is 2.55 bits per heavy atom. The number of ether oxygens (including phenoxy) is 3. The fraction of sp³-hybridized carbons (Fsp3) is 0.562. The molecule has 236 valence electrons. The number of benzene rings is 1. The first kappa shape index (κ1) is 30.4. The minimum absolute atomic E-state index is 0.0665. The first-order chi connectivity index (χ1) is 21.4. The Kier molecular flexibility index (Phi) is 9.13. The van der Waals surface area contributed by atoms with Gasteiger partial charge in [0.15, 0.2) is 0 Å². The van der Waals surface area contributed by atoms with E-state index in [4.69, 9.17) is 14.2 Å². The molecule has 5 heterocycles. The summed E-state index contributed by atoms with van der Waals surface area (Å²) in [6, 6.07) is 8.08. The lowest BCUT2D eigenvalue weighted by Gasteiger charge is -2.36. The average molecular weight is 609 g/mol. The van der Waals surface area contributed by atoms with E-state index in [0.29, 0.717) is 38.3 Å². The molecule has 12 heteroatoms. The van der Waals surface area contributed by atoms with Gasteiger partial charge in [0.1, 0.15) is 23.7 Å². The Hall–Kier alpha value is -3.58. The number of likely N-dealkylation sites (tertiary alicyclic amines) is 1. The predicted molar refractivity (Wildman–Crippen MR) is 157 cm³/mol. The van der Waals surface area contributed by atoms with Crippen LogP contribution in [0.1, 0.15) is 24.5 Å². The van der Waals surface area contributed by atoms with E-state index in [2.05, 4.69) is 10.2 Å². The van der Waals surface area contributed by atoms with Crippen molar-refractivity contribution in [1.29, 1.82) is 0 Å². The molecule has 1 aromatic rings. The van der Waals surface area contributed by atoms with Crippen LogP contribution in [0.15, 0.2) is 54.6 Å². The Labute approximate surface area is 256 Å². The minimum atomic E-state index is -1.36. The molecule has 6 atom stereocenters. The highest BCUT2D eigenvalue weighted by molar-refractivity contribution is 5.99. The molecule has 5 aliphatic heterocycles. The van der Waals surface area contributed by atoms with Crippen LogP contribution in [0, 0.1) is 11.8 Å². The van der Waals surface area contributed by atoms with Gasteiger partial charge in [0.2, 0.25) is 17.7 Å². The largest absolute Gasteiger partial charge is 0.455 e. The molecule has 0 unspecified atom stereocenters. The molecule has 2 N–H and O–H groups in total. The van der Waals surface area contributed by atoms with Gasteiger partial charge in [-0.05, 0) is 12.0 Å². The van der Waals surface area contributed by atoms with Gasteiger partial charge in [0.25, 0.3) is 0 Å². The van der Waals surface area contributed by atoms with Crippen molar-refractivity contribution in [3.63, 3.8) is 0 Å². The molecule has 3 saturated heterocycles. The van der Waals surface area contributed by atoms with Gasteiger partial charge < -0.3 is 34.4 Å². The molecule has 6 rings (SSSR count). The molecule has 0 radical (unpaired) electrons. The van der Waals surface area contributed by atoms with Gasteiger partial charge in [-0.3, -0.25) is 24.1 Å². The Morgan fingerprint density at radius 1 is 0.977 bits per heavy atom. The van der Waals surface area contributed by atoms with Crippen LogP contribution in [-0.4, -0.2) is 127 Å². The lowest BCUT2D eigenvalue weighted by Crippen LogP contribution is -2.57. The summed E-state index contributed by atoms with van der Waals surface area (Å²) in [6.45, 7) is 3.75. The topological polar surface area (TPSA) is 138 Å². The number of carbonyl (C=O) groups excluding carboxylic acids is 4. The van der Waals surface area contributed by atoms with Crippen LogP contribution in [0.4, 0.5) is 0 Å². The molecule has 3 amide bonds. The monoisotopic (exact) mass is 608 g/mol. The number of nitrogens with one attached hydrogen (secondary N) is 1. The van der Waals surface area contributed by atoms with Gasteiger partial charge in [0, 0.05) is 45.7 Å². The van der Waals surface area contributed by atoms with Crippen molar-refractivity contribution in [3.05, 3.63) is 60.2 Å². The number of morpholine rings is 1. The van der Waals surface area contributed by atoms with Crippen molar-refractivity contribution in [2.75, 3.05) is 65.6 Å². The number of nitrogens with zero attached hydrogens (tertiary/aromatic N) is 3. The van der Waals surface area contributed by atoms with Crippen LogP contribution in [0.5, 0.6) is 0 Å². The van der Waals surface area contributed by atoms with Crippen LogP contribution < -0.4 is 5.32 Å². The zero-order valence-corrected chi connectivity index (χ0v) is 24.7. The van der Waals surface area contributed by atoms with Crippen molar-refractivity contribution in [1.82, 2.24) is 20.0 Å². The summed E-state index contributed by atoms with van der Waals surface area (Å²) >= 11 is 0. The van der Waals surface area contributed by atoms with E-state index in [0.717, 1.165) is 13.1 Å². The number of amides is 3. The van der Waals surface area contributed by atoms with Crippen molar-refractivity contribution < 1.29 is 38.5 Å². The fourth-order valence-electron chi connectivity index (χ4n) is 7.06. The second-order valence-corrected chi connectivity index (χ2v) is 11.8. The van der Waals surface area contributed by atoms with Crippen molar-refractivity contribution in [2.24, 2.45) is 11.8 Å². The van der Waals surface area contributed by atoms with Crippen LogP contribution in [0.25, 0.3) is 0 Å². The lowest BCUT2D eigenvalue weighted by atomic mass is 9.74. The summed E-state index contributed by atoms with van der Waals surface area (Å²) in [6.07, 6.45) is 6.42. The zero-order valence-electron chi connectivity index (χ0n) is 24.7. The van der Waals surface area contributed by atoms with Gasteiger partial charge in [-0.15, -0.1) is 0 Å². The highest BCUT2D eigenvalue weighted by atomic mass is 16.6. The molecule has 44 heavy (non-hydrogen) atoms. The second-order valence-electron chi connectivity index (χ2n) is 11.8. The molecule has 0 aliphatic carbocycles. The highest BCUT2D eigenvalue weighted by Gasteiger charge is 2.73. The number of cyclic esters (lactones) is 1. The molecule has 5 bridgehead atoms. The van der Waals surface area contributed by atoms with E-state index in [1.165, 1.54) is 4.90 Å². The first-order valence-corrected chi connectivity index (χ1v) is 15.5. The van der Waals surface area contributed by atoms with Crippen LogP contribution >= 0.6 is 0 Å². The van der Waals surface area contributed by atoms with Gasteiger partial charge >= 0.3 is 5.97 Å². The van der Waals surface area contributed by atoms with Gasteiger partial charge in [0.05, 0.1) is 38.4 Å². The number of fused-ring (bicyclic) bond motifs is 2. The summed E-state index contributed by atoms with van der Waals surface area (Å²) in [5, 5.41) is 12.8. The van der Waals surface area contributed by atoms with E-state index < -0.39 is 47.6 Å². The maximum atomic E-state index is 14.5. The summed E-state index contributed by atoms with van der Waals surface area (Å²) in [4.78, 5) is 60.4. The van der Waals surface area contributed by atoms with Gasteiger partial charge in [-0.25, -0.2) is 0 Å². The minimum Gasteiger partial charge on any atom is -0.455 e. The number of rotatable bonds is 6. The summed E-state index contributed by atoms with van der Waals surface area (Å²) in [5.74, 6) is -3.50. The van der Waals surface area contributed by atoms with Crippen LogP contribution in [-0.2, 0) is 33.4 Å². The lowest BCUT2D eigenvalue weighted by molar-refractivity contribution is -0.159. The van der Waals surface area contributed by atoms with E-state index in [-0.39, 0.29) is 44.5 Å². The molecule has 1 aromatic carbocycles. The third-order valence-electron chi connectivity index (χ3n) is 9.27. The fourth-order valence-corrected chi connectivity index (χ4v) is 7.06. The van der Waals surface area contributed by atoms with E-state index in [1.54, 1.807) is 17.1 Å². The molecule has 0 saturated carbocycles. The van der Waals surface area contributed by atoms with Crippen molar-refractivity contribution in [2.45, 2.75) is 36.7 Å². The standard InChI is InChI=1S/C32H40N4O8/c37-18-15-36-28-30(40)35(14-13-34-16-19-42-20-17-34)12-6-2-5-9-25(38)33-21-24(22-7-3-1-4-8-22)43-31(41)26-23-10-11-32(28,44-23)27(26)29(36)39/h1-4,6-8,10-11,23-24,26-28,37H,5,9,12-21H2,(H,33,38)/b6-2-/t23-,24-,26+,27+,28-,32+/m0/s1. The van der Waals surface area contributed by atoms with Crippen LogP contribution in [0.2, 0.25) is 0 Å². The number of aliphatic hydroxyl groups excluding tert-OH is 1. The van der Waals surface area contributed by atoms with Gasteiger partial charge in [-0.1, -0.05) is 54.6 Å². The first-order valence-electron chi connectivity index (χ1n) is 15.5. The Balaban J connectivity index is 1.34. The number of allylic oxidation sites excluding steroid dienone is 1. The molecule has 12 nitrogen and oxygen atoms in total. The smallest absolute Gasteiger partial charge is 0.313 e. The summed E-state index contributed by atoms with van der Waals surface area (Å²) in [5.41, 5.74) is -0.653. The highest BCUT2D eigenvalue weighted by Crippen LogP contribution is 2.55. The number of hydrogen-bond acceptors (Lipinski definition) is 9. The molecule has 0 aromatic heterocycles. The molecular formula is C32H40N4O8. The van der Waals surface area contributed by atoms with Crippen LogP contribution in [0.3, 0.4) is 0 Å². The maximum absolute atomic E-state index is 14.5. The Bertz CT molecular complexity index is 1300. The SMILES string of the molecule is O=C1CC/C=C\CN(CCN2CCOCC2)C(=O)[C@@H]2N(CCO)C(=O)[C@H]3[C@H](C(=O)O[C@H](c4ccccc4)CN1)[C@@H]1C=C[C@]23O1. The third-order valence-corrected chi connectivity index (χ3v) is 9.27. The summed E-state index contributed by atoms with van der Waals surface area (Å²) in [7, 11) is 0. The Morgan fingerprint density at radius 2 is 1.77 bits per heavy atom. The maximum Gasteiger partial charge on any atom is 0.313 e. The van der Waals surface area contributed by atoms with Gasteiger partial charge in [-0.2, -0.15) is 0 Å². The number of β-amino-alcohol motifs (C(OH)–C–C–N with tert-alkyl or cyclic N) is 1. The number of aliphatic hydroxyl groups is 1. The average Bonchev–Trinajstić information content (AvgIpc) is 3.68. The zero-order chi connectivity index (χ0) is 30.7. The molecule has 5 aliphatic rings. The van der Waals surface area contributed by atoms with E-state index in [1.807, 2.05) is 42.5 Å². The number of hydrogen-bond donors (Lipinski definition) is 2. The normalized spacial score (nSPS) is 33.8. The third kappa shape index (κ3) is 5.79. The summed E-state index contributed by atoms with van der Waals surface area (Å²) < 4.78 is 17.9. The molecule has 3 fully saturated rings. The quantitative estimate of drug-likeness (QED) is 0.339. The predicted octanol–water partition coefficient (Wildman–Crippen LogP) is 0.0408. The number of esters is 1. The van der Waals surface area contributed by atoms with E-state index >= 15 is 0 Å². The number of carbonyl (C=O) groups is 4. The molecular weight excluding hydrogens is 568 g/mol. The van der Waals surface area contributed by atoms with E-state index in [9.17, 15) is 24.3 Å². The van der Waals surface area contributed by atoms with Crippen molar-refractivity contribution >= 4 is 23.7 Å².